The van der Waals surface area contributed by atoms with Crippen LogP contribution in [-0.2, 0) is 4.79 Å². The minimum absolute atomic E-state index is 0.143. The van der Waals surface area contributed by atoms with Crippen LogP contribution in [0.3, 0.4) is 0 Å². The van der Waals surface area contributed by atoms with Crippen molar-refractivity contribution in [2.75, 3.05) is 10.6 Å². The number of hydrogen-bond donors (Lipinski definition) is 2. The molecule has 1 amide bonds. The van der Waals surface area contributed by atoms with Gasteiger partial charge in [-0.05, 0) is 48.7 Å². The lowest BCUT2D eigenvalue weighted by atomic mass is 10.0. The van der Waals surface area contributed by atoms with E-state index in [4.69, 9.17) is 5.26 Å². The summed E-state index contributed by atoms with van der Waals surface area (Å²) in [6.07, 6.45) is 0. The number of nitrogens with zero attached hydrogens (tertiary/aromatic N) is 1. The fourth-order valence-electron chi connectivity index (χ4n) is 2.22. The Kier molecular flexibility index (Phi) is 5.37. The van der Waals surface area contributed by atoms with Gasteiger partial charge in [0.05, 0.1) is 11.6 Å². The van der Waals surface area contributed by atoms with Crippen molar-refractivity contribution in [1.29, 1.82) is 5.26 Å². The van der Waals surface area contributed by atoms with Crippen LogP contribution in [0.4, 0.5) is 11.4 Å². The van der Waals surface area contributed by atoms with Gasteiger partial charge in [0.25, 0.3) is 0 Å². The van der Waals surface area contributed by atoms with Crippen LogP contribution >= 0.6 is 0 Å². The van der Waals surface area contributed by atoms with E-state index >= 15 is 0 Å². The fraction of sp³-hybridized carbons (Fsp3) is 0.263. The Bertz CT molecular complexity index is 731. The minimum atomic E-state index is -0.386. The second-order valence-electron chi connectivity index (χ2n) is 5.83. The van der Waals surface area contributed by atoms with Gasteiger partial charge < -0.3 is 10.6 Å². The second-order valence-corrected chi connectivity index (χ2v) is 5.83. The predicted octanol–water partition coefficient (Wildman–Crippen LogP) is 4.12. The zero-order valence-corrected chi connectivity index (χ0v) is 13.6. The summed E-state index contributed by atoms with van der Waals surface area (Å²) in [6, 6.07) is 16.6. The van der Waals surface area contributed by atoms with Gasteiger partial charge in [0.1, 0.15) is 6.04 Å². The van der Waals surface area contributed by atoms with Crippen molar-refractivity contribution in [2.45, 2.75) is 32.7 Å². The number of rotatable bonds is 5. The predicted molar refractivity (Wildman–Crippen MR) is 93.4 cm³/mol. The van der Waals surface area contributed by atoms with Crippen molar-refractivity contribution in [3.05, 3.63) is 59.7 Å². The van der Waals surface area contributed by atoms with E-state index in [1.165, 1.54) is 5.56 Å². The van der Waals surface area contributed by atoms with Crippen LogP contribution in [0.15, 0.2) is 48.5 Å². The first-order valence-corrected chi connectivity index (χ1v) is 7.67. The van der Waals surface area contributed by atoms with Crippen LogP contribution in [0.25, 0.3) is 0 Å². The lowest BCUT2D eigenvalue weighted by Crippen LogP contribution is -2.31. The summed E-state index contributed by atoms with van der Waals surface area (Å²) < 4.78 is 0. The van der Waals surface area contributed by atoms with Crippen LogP contribution in [-0.4, -0.2) is 11.9 Å². The smallest absolute Gasteiger partial charge is 0.246 e. The molecule has 0 aromatic heterocycles. The van der Waals surface area contributed by atoms with Gasteiger partial charge in [0, 0.05) is 11.4 Å². The first-order valence-electron chi connectivity index (χ1n) is 7.67. The van der Waals surface area contributed by atoms with Gasteiger partial charge in [-0.3, -0.25) is 4.79 Å². The van der Waals surface area contributed by atoms with Gasteiger partial charge >= 0.3 is 0 Å². The molecular weight excluding hydrogens is 286 g/mol. The average Bonchev–Trinajstić information content (AvgIpc) is 2.55. The quantitative estimate of drug-likeness (QED) is 0.873. The Morgan fingerprint density at radius 1 is 1.04 bits per heavy atom. The fourth-order valence-corrected chi connectivity index (χ4v) is 2.22. The molecule has 0 heterocycles. The van der Waals surface area contributed by atoms with Crippen molar-refractivity contribution in [3.8, 4) is 6.07 Å². The molecule has 0 spiro atoms. The Balaban J connectivity index is 2.02. The highest BCUT2D eigenvalue weighted by Gasteiger charge is 2.13. The zero-order valence-electron chi connectivity index (χ0n) is 13.6. The van der Waals surface area contributed by atoms with Crippen LogP contribution in [0.5, 0.6) is 0 Å². The number of nitrogens with one attached hydrogen (secondary N) is 2. The molecule has 0 saturated heterocycles. The van der Waals surface area contributed by atoms with Crippen molar-refractivity contribution >= 4 is 17.3 Å². The Morgan fingerprint density at radius 3 is 2.43 bits per heavy atom. The minimum Gasteiger partial charge on any atom is -0.374 e. The third kappa shape index (κ3) is 4.58. The van der Waals surface area contributed by atoms with Crippen LogP contribution in [0.2, 0.25) is 0 Å². The average molecular weight is 307 g/mol. The Morgan fingerprint density at radius 2 is 1.74 bits per heavy atom. The van der Waals surface area contributed by atoms with Crippen molar-refractivity contribution in [1.82, 2.24) is 0 Å². The number of benzene rings is 2. The molecule has 2 aromatic carbocycles. The number of amides is 1. The monoisotopic (exact) mass is 307 g/mol. The molecule has 0 saturated carbocycles. The lowest BCUT2D eigenvalue weighted by Gasteiger charge is -2.16. The first kappa shape index (κ1) is 16.6. The molecule has 2 aromatic rings. The second kappa shape index (κ2) is 7.46. The normalized spacial score (nSPS) is 11.6. The topological polar surface area (TPSA) is 64.9 Å². The molecule has 23 heavy (non-hydrogen) atoms. The maximum atomic E-state index is 12.3. The van der Waals surface area contributed by atoms with Gasteiger partial charge in [-0.25, -0.2) is 0 Å². The van der Waals surface area contributed by atoms with Crippen molar-refractivity contribution in [2.24, 2.45) is 0 Å². The molecule has 0 bridgehead atoms. The van der Waals surface area contributed by atoms with E-state index in [2.05, 4.69) is 42.7 Å². The molecule has 4 heteroatoms. The van der Waals surface area contributed by atoms with Crippen LogP contribution in [0.1, 0.15) is 37.8 Å². The maximum Gasteiger partial charge on any atom is 0.246 e. The van der Waals surface area contributed by atoms with Crippen molar-refractivity contribution in [3.63, 3.8) is 0 Å². The van der Waals surface area contributed by atoms with Crippen molar-refractivity contribution < 1.29 is 4.79 Å². The molecule has 118 valence electrons. The molecule has 0 radical (unpaired) electrons. The lowest BCUT2D eigenvalue weighted by molar-refractivity contribution is -0.116. The standard InChI is InChI=1S/C19H21N3O/c1-13(2)16-7-5-9-18(11-16)21-14(3)19(23)22-17-8-4-6-15(10-17)12-20/h4-11,13-14,21H,1-3H3,(H,22,23)/t14-/m0/s1. The van der Waals surface area contributed by atoms with E-state index in [1.807, 2.05) is 19.1 Å². The molecule has 0 aliphatic rings. The summed E-state index contributed by atoms with van der Waals surface area (Å²) in [5, 5.41) is 14.9. The highest BCUT2D eigenvalue weighted by atomic mass is 16.2. The number of nitriles is 1. The van der Waals surface area contributed by atoms with Gasteiger partial charge in [-0.15, -0.1) is 0 Å². The van der Waals surface area contributed by atoms with Crippen LogP contribution in [0, 0.1) is 11.3 Å². The summed E-state index contributed by atoms with van der Waals surface area (Å²) in [5.74, 6) is 0.296. The highest BCUT2D eigenvalue weighted by Crippen LogP contribution is 2.19. The SMILES string of the molecule is CC(C)c1cccc(N[C@@H](C)C(=O)Nc2cccc(C#N)c2)c1. The molecule has 4 nitrogen and oxygen atoms in total. The summed E-state index contributed by atoms with van der Waals surface area (Å²) >= 11 is 0. The Hall–Kier alpha value is -2.80. The third-order valence-electron chi connectivity index (χ3n) is 3.59. The molecule has 2 rings (SSSR count). The Labute approximate surface area is 137 Å². The zero-order chi connectivity index (χ0) is 16.8. The van der Waals surface area contributed by atoms with E-state index < -0.39 is 0 Å². The van der Waals surface area contributed by atoms with E-state index in [0.29, 0.717) is 17.2 Å². The number of carbonyl (C=O) groups excluding carboxylic acids is 1. The highest BCUT2D eigenvalue weighted by molar-refractivity contribution is 5.96. The maximum absolute atomic E-state index is 12.3. The molecule has 0 aliphatic heterocycles. The summed E-state index contributed by atoms with van der Waals surface area (Å²) in [6.45, 7) is 6.08. The first-order chi connectivity index (χ1) is 11.0. The molecular formula is C19H21N3O. The molecule has 2 N–H and O–H groups in total. The van der Waals surface area contributed by atoms with Gasteiger partial charge in [0.15, 0.2) is 0 Å². The van der Waals surface area contributed by atoms with Gasteiger partial charge in [-0.2, -0.15) is 5.26 Å². The summed E-state index contributed by atoms with van der Waals surface area (Å²) in [5.41, 5.74) is 3.29. The third-order valence-corrected chi connectivity index (χ3v) is 3.59. The van der Waals surface area contributed by atoms with Gasteiger partial charge in [-0.1, -0.05) is 32.0 Å². The largest absolute Gasteiger partial charge is 0.374 e. The number of anilines is 2. The molecule has 0 fully saturated rings. The number of carbonyl (C=O) groups is 1. The van der Waals surface area contributed by atoms with Gasteiger partial charge in [0.2, 0.25) is 5.91 Å². The van der Waals surface area contributed by atoms with Crippen LogP contribution < -0.4 is 10.6 Å². The van der Waals surface area contributed by atoms with E-state index in [1.54, 1.807) is 24.3 Å². The molecule has 1 atom stereocenters. The molecule has 0 unspecified atom stereocenters. The summed E-state index contributed by atoms with van der Waals surface area (Å²) in [4.78, 5) is 12.3. The number of hydrogen-bond acceptors (Lipinski definition) is 3. The van der Waals surface area contributed by atoms with E-state index in [0.717, 1.165) is 5.69 Å². The van der Waals surface area contributed by atoms with E-state index in [9.17, 15) is 4.79 Å². The summed E-state index contributed by atoms with van der Waals surface area (Å²) in [7, 11) is 0. The molecule has 0 aliphatic carbocycles. The van der Waals surface area contributed by atoms with E-state index in [-0.39, 0.29) is 11.9 Å².